The minimum atomic E-state index is -4.90. The second-order valence-corrected chi connectivity index (χ2v) is 6.33. The van der Waals surface area contributed by atoms with Gasteiger partial charge >= 0.3 is 12.4 Å². The monoisotopic (exact) mass is 435 g/mol. The Kier molecular flexibility index (Phi) is 7.43. The van der Waals surface area contributed by atoms with E-state index in [0.717, 1.165) is 0 Å². The minimum absolute atomic E-state index is 0.156. The molecule has 0 saturated heterocycles. The molecule has 0 heterocycles. The third-order valence-corrected chi connectivity index (χ3v) is 4.18. The summed E-state index contributed by atoms with van der Waals surface area (Å²) in [4.78, 5) is 1.68. The van der Waals surface area contributed by atoms with Crippen molar-refractivity contribution in [3.63, 3.8) is 0 Å². The zero-order chi connectivity index (χ0) is 22.5. The van der Waals surface area contributed by atoms with Crippen LogP contribution in [0.15, 0.2) is 46.6 Å². The summed E-state index contributed by atoms with van der Waals surface area (Å²) in [5, 5.41) is 25.3. The van der Waals surface area contributed by atoms with Crippen LogP contribution in [0.5, 0.6) is 0 Å². The zero-order valence-electron chi connectivity index (χ0n) is 15.8. The Morgan fingerprint density at radius 3 is 1.90 bits per heavy atom. The summed E-state index contributed by atoms with van der Waals surface area (Å²) < 4.78 is 78.0. The van der Waals surface area contributed by atoms with Crippen LogP contribution in [0.2, 0.25) is 0 Å². The van der Waals surface area contributed by atoms with Crippen LogP contribution in [0.4, 0.5) is 43.4 Å². The Morgan fingerprint density at radius 1 is 0.800 bits per heavy atom. The molecule has 0 amide bonds. The van der Waals surface area contributed by atoms with Gasteiger partial charge in [0.2, 0.25) is 0 Å². The highest BCUT2D eigenvalue weighted by molar-refractivity contribution is 5.58. The number of aryl methyl sites for hydroxylation is 1. The molecule has 0 radical (unpaired) electrons. The maximum Gasteiger partial charge on any atom is 0.418 e. The molecular formula is C19H19F6N3O2. The van der Waals surface area contributed by atoms with Crippen molar-refractivity contribution in [3.05, 3.63) is 53.1 Å². The van der Waals surface area contributed by atoms with Crippen LogP contribution in [-0.4, -0.2) is 36.5 Å². The molecule has 0 unspecified atom stereocenters. The Hall–Kier alpha value is -2.66. The topological polar surface area (TPSA) is 68.4 Å². The minimum Gasteiger partial charge on any atom is -0.395 e. The quantitative estimate of drug-likeness (QED) is 0.462. The molecule has 0 atom stereocenters. The normalized spacial score (nSPS) is 12.6. The molecule has 0 aliphatic heterocycles. The SMILES string of the molecule is Cc1cc(N(CCO)CCO)ccc1N=Nc1cc(C(F)(F)F)ccc1C(F)(F)F. The van der Waals surface area contributed by atoms with Crippen molar-refractivity contribution in [2.75, 3.05) is 31.2 Å². The van der Waals surface area contributed by atoms with Crippen molar-refractivity contribution in [2.24, 2.45) is 10.2 Å². The number of rotatable bonds is 7. The highest BCUT2D eigenvalue weighted by Gasteiger charge is 2.37. The van der Waals surface area contributed by atoms with E-state index in [2.05, 4.69) is 10.2 Å². The molecule has 2 aromatic carbocycles. The van der Waals surface area contributed by atoms with Gasteiger partial charge in [0.25, 0.3) is 0 Å². The predicted octanol–water partition coefficient (Wildman–Crippen LogP) is 5.24. The van der Waals surface area contributed by atoms with E-state index < -0.39 is 29.2 Å². The predicted molar refractivity (Wildman–Crippen MR) is 98.2 cm³/mol. The van der Waals surface area contributed by atoms with Gasteiger partial charge in [-0.3, -0.25) is 0 Å². The molecule has 5 nitrogen and oxygen atoms in total. The van der Waals surface area contributed by atoms with E-state index in [0.29, 0.717) is 29.4 Å². The number of benzene rings is 2. The number of azo groups is 1. The van der Waals surface area contributed by atoms with Crippen LogP contribution in [-0.2, 0) is 12.4 Å². The molecule has 2 rings (SSSR count). The molecule has 30 heavy (non-hydrogen) atoms. The van der Waals surface area contributed by atoms with Gasteiger partial charge in [0.05, 0.1) is 35.7 Å². The van der Waals surface area contributed by atoms with Gasteiger partial charge in [0.15, 0.2) is 0 Å². The lowest BCUT2D eigenvalue weighted by molar-refractivity contribution is -0.140. The average Bonchev–Trinajstić information content (AvgIpc) is 2.65. The van der Waals surface area contributed by atoms with Crippen molar-refractivity contribution in [2.45, 2.75) is 19.3 Å². The third kappa shape index (κ3) is 5.92. The van der Waals surface area contributed by atoms with Crippen LogP contribution in [0, 0.1) is 6.92 Å². The zero-order valence-corrected chi connectivity index (χ0v) is 15.8. The lowest BCUT2D eigenvalue weighted by atomic mass is 10.1. The van der Waals surface area contributed by atoms with Crippen molar-refractivity contribution in [3.8, 4) is 0 Å². The van der Waals surface area contributed by atoms with Crippen molar-refractivity contribution >= 4 is 17.1 Å². The van der Waals surface area contributed by atoms with Crippen LogP contribution in [0.3, 0.4) is 0 Å². The second kappa shape index (κ2) is 9.43. The van der Waals surface area contributed by atoms with Crippen LogP contribution < -0.4 is 4.90 Å². The molecule has 2 N–H and O–H groups in total. The van der Waals surface area contributed by atoms with E-state index in [1.54, 1.807) is 24.0 Å². The lowest BCUT2D eigenvalue weighted by Crippen LogP contribution is -2.29. The summed E-state index contributed by atoms with van der Waals surface area (Å²) in [7, 11) is 0. The molecule has 0 aliphatic rings. The molecule has 11 heteroatoms. The molecular weight excluding hydrogens is 416 g/mol. The van der Waals surface area contributed by atoms with Gasteiger partial charge in [0.1, 0.15) is 0 Å². The summed E-state index contributed by atoms with van der Waals surface area (Å²) in [6.45, 7) is 1.79. The van der Waals surface area contributed by atoms with E-state index in [-0.39, 0.29) is 32.0 Å². The highest BCUT2D eigenvalue weighted by atomic mass is 19.4. The summed E-state index contributed by atoms with van der Waals surface area (Å²) in [5.74, 6) is 0. The number of aliphatic hydroxyl groups is 2. The number of alkyl halides is 6. The number of hydrogen-bond donors (Lipinski definition) is 2. The van der Waals surface area contributed by atoms with Crippen molar-refractivity contribution in [1.29, 1.82) is 0 Å². The molecule has 2 aromatic rings. The Balaban J connectivity index is 2.41. The summed E-state index contributed by atoms with van der Waals surface area (Å²) in [6, 6.07) is 5.60. The number of hydrogen-bond acceptors (Lipinski definition) is 5. The van der Waals surface area contributed by atoms with E-state index >= 15 is 0 Å². The second-order valence-electron chi connectivity index (χ2n) is 6.33. The summed E-state index contributed by atoms with van der Waals surface area (Å²) >= 11 is 0. The van der Waals surface area contributed by atoms with Crippen LogP contribution in [0.25, 0.3) is 0 Å². The first-order valence-electron chi connectivity index (χ1n) is 8.75. The van der Waals surface area contributed by atoms with Gasteiger partial charge in [-0.25, -0.2) is 0 Å². The number of aliphatic hydroxyl groups excluding tert-OH is 2. The van der Waals surface area contributed by atoms with Crippen molar-refractivity contribution < 1.29 is 36.6 Å². The lowest BCUT2D eigenvalue weighted by Gasteiger charge is -2.23. The first-order valence-corrected chi connectivity index (χ1v) is 8.75. The largest absolute Gasteiger partial charge is 0.418 e. The highest BCUT2D eigenvalue weighted by Crippen LogP contribution is 2.41. The van der Waals surface area contributed by atoms with Crippen molar-refractivity contribution in [1.82, 2.24) is 0 Å². The van der Waals surface area contributed by atoms with E-state index in [1.807, 2.05) is 0 Å². The van der Waals surface area contributed by atoms with Gasteiger partial charge in [-0.2, -0.15) is 31.5 Å². The Bertz CT molecular complexity index is 891. The van der Waals surface area contributed by atoms with Gasteiger partial charge in [-0.15, -0.1) is 5.11 Å². The van der Waals surface area contributed by atoms with Crippen LogP contribution in [0.1, 0.15) is 16.7 Å². The maximum atomic E-state index is 13.1. The Morgan fingerprint density at radius 2 is 1.40 bits per heavy atom. The van der Waals surface area contributed by atoms with Gasteiger partial charge in [-0.05, 0) is 48.9 Å². The molecule has 164 valence electrons. The third-order valence-electron chi connectivity index (χ3n) is 4.18. The van der Waals surface area contributed by atoms with Gasteiger partial charge < -0.3 is 15.1 Å². The fourth-order valence-electron chi connectivity index (χ4n) is 2.70. The fourth-order valence-corrected chi connectivity index (χ4v) is 2.70. The standard InChI is InChI=1S/C19H19F6N3O2/c1-12-10-14(28(6-8-29)7-9-30)3-5-16(12)26-27-17-11-13(18(20,21)22)2-4-15(17)19(23,24)25/h2-5,10-11,29-30H,6-9H2,1H3. The summed E-state index contributed by atoms with van der Waals surface area (Å²) in [6.07, 6.45) is -9.72. The van der Waals surface area contributed by atoms with E-state index in [1.165, 1.54) is 6.07 Å². The number of anilines is 1. The molecule has 0 saturated carbocycles. The van der Waals surface area contributed by atoms with Gasteiger partial charge in [0, 0.05) is 18.8 Å². The first kappa shape index (κ1) is 23.6. The average molecular weight is 435 g/mol. The van der Waals surface area contributed by atoms with Crippen LogP contribution >= 0.6 is 0 Å². The first-order chi connectivity index (χ1) is 14.0. The fraction of sp³-hybridized carbons (Fsp3) is 0.368. The molecule has 0 aromatic heterocycles. The molecule has 0 bridgehead atoms. The molecule has 0 aliphatic carbocycles. The smallest absolute Gasteiger partial charge is 0.395 e. The number of nitrogens with zero attached hydrogens (tertiary/aromatic N) is 3. The number of halogens is 6. The molecule has 0 fully saturated rings. The van der Waals surface area contributed by atoms with E-state index in [9.17, 15) is 26.3 Å². The Labute approximate surface area is 168 Å². The summed E-state index contributed by atoms with van der Waals surface area (Å²) in [5.41, 5.74) is -2.24. The van der Waals surface area contributed by atoms with Gasteiger partial charge in [-0.1, -0.05) is 0 Å². The maximum absolute atomic E-state index is 13.1. The van der Waals surface area contributed by atoms with E-state index in [4.69, 9.17) is 10.2 Å². The molecule has 0 spiro atoms.